The van der Waals surface area contributed by atoms with Crippen molar-refractivity contribution in [3.05, 3.63) is 23.5 Å². The Kier molecular flexibility index (Phi) is 2.48. The first-order valence-corrected chi connectivity index (χ1v) is 7.20. The highest BCUT2D eigenvalue weighted by Crippen LogP contribution is 2.48. The Morgan fingerprint density at radius 3 is 2.61 bits per heavy atom. The van der Waals surface area contributed by atoms with Crippen molar-refractivity contribution in [2.45, 2.75) is 65.0 Å². The van der Waals surface area contributed by atoms with E-state index in [0.717, 1.165) is 18.8 Å². The third-order valence-electron chi connectivity index (χ3n) is 4.98. The van der Waals surface area contributed by atoms with Crippen LogP contribution >= 0.6 is 0 Å². The minimum Gasteiger partial charge on any atom is -0.388 e. The van der Waals surface area contributed by atoms with Crippen LogP contribution in [0.5, 0.6) is 0 Å². The van der Waals surface area contributed by atoms with Crippen LogP contribution in [0, 0.1) is 11.3 Å². The topological polar surface area (TPSA) is 25.2 Å². The standard InChI is InChI=1S/C16H25NO/c1-15(2)9-13-12(14(18)10-15)7-8-17(13)16(3,4)11-5-6-11/h7-8,11,14,18H,5-6,9-10H2,1-4H3. The lowest BCUT2D eigenvalue weighted by Gasteiger charge is -2.37. The van der Waals surface area contributed by atoms with E-state index in [1.165, 1.54) is 24.1 Å². The van der Waals surface area contributed by atoms with Crippen LogP contribution in [0.3, 0.4) is 0 Å². The molecule has 0 bridgehead atoms. The molecule has 1 saturated carbocycles. The Balaban J connectivity index is 2.04. The van der Waals surface area contributed by atoms with Crippen molar-refractivity contribution < 1.29 is 5.11 Å². The number of fused-ring (bicyclic) bond motifs is 1. The van der Waals surface area contributed by atoms with Gasteiger partial charge < -0.3 is 9.67 Å². The van der Waals surface area contributed by atoms with E-state index < -0.39 is 0 Å². The van der Waals surface area contributed by atoms with E-state index in [1.54, 1.807) is 0 Å². The van der Waals surface area contributed by atoms with Crippen LogP contribution in [0.15, 0.2) is 12.3 Å². The highest BCUT2D eigenvalue weighted by Gasteiger charge is 2.42. The number of aliphatic hydroxyl groups excluding tert-OH is 1. The Hall–Kier alpha value is -0.760. The van der Waals surface area contributed by atoms with Crippen molar-refractivity contribution in [2.75, 3.05) is 0 Å². The summed E-state index contributed by atoms with van der Waals surface area (Å²) in [6.45, 7) is 9.22. The van der Waals surface area contributed by atoms with Crippen LogP contribution in [0.25, 0.3) is 0 Å². The molecule has 1 unspecified atom stereocenters. The third kappa shape index (κ3) is 1.82. The summed E-state index contributed by atoms with van der Waals surface area (Å²) < 4.78 is 2.45. The molecule has 0 amide bonds. The SMILES string of the molecule is CC1(C)Cc2c(ccn2C(C)(C)C2CC2)C(O)C1. The summed E-state index contributed by atoms with van der Waals surface area (Å²) in [5.41, 5.74) is 2.96. The van der Waals surface area contributed by atoms with E-state index in [0.29, 0.717) is 0 Å². The second-order valence-electron chi connectivity index (χ2n) is 7.58. The number of aromatic nitrogens is 1. The average Bonchev–Trinajstić information content (AvgIpc) is 2.98. The molecule has 2 heteroatoms. The lowest BCUT2D eigenvalue weighted by atomic mass is 9.75. The maximum absolute atomic E-state index is 10.3. The molecule has 1 N–H and O–H groups in total. The molecular formula is C16H25NO. The smallest absolute Gasteiger partial charge is 0.0812 e. The number of hydrogen-bond acceptors (Lipinski definition) is 1. The van der Waals surface area contributed by atoms with Gasteiger partial charge in [0.05, 0.1) is 6.10 Å². The van der Waals surface area contributed by atoms with E-state index >= 15 is 0 Å². The Morgan fingerprint density at radius 2 is 2.00 bits per heavy atom. The molecule has 1 heterocycles. The molecule has 1 fully saturated rings. The molecule has 0 aromatic carbocycles. The van der Waals surface area contributed by atoms with E-state index in [4.69, 9.17) is 0 Å². The molecule has 2 nitrogen and oxygen atoms in total. The van der Waals surface area contributed by atoms with E-state index in [-0.39, 0.29) is 17.1 Å². The molecule has 1 atom stereocenters. The molecule has 1 aromatic heterocycles. The molecule has 1 aromatic rings. The fourth-order valence-electron chi connectivity index (χ4n) is 3.66. The molecule has 0 aliphatic heterocycles. The van der Waals surface area contributed by atoms with Gasteiger partial charge in [0.1, 0.15) is 0 Å². The molecule has 0 radical (unpaired) electrons. The van der Waals surface area contributed by atoms with Gasteiger partial charge in [-0.3, -0.25) is 0 Å². The fourth-order valence-corrected chi connectivity index (χ4v) is 3.66. The van der Waals surface area contributed by atoms with Crippen LogP contribution in [0.2, 0.25) is 0 Å². The average molecular weight is 247 g/mol. The summed E-state index contributed by atoms with van der Waals surface area (Å²) in [5, 5.41) is 10.3. The molecule has 100 valence electrons. The molecule has 3 rings (SSSR count). The second kappa shape index (κ2) is 3.63. The monoisotopic (exact) mass is 247 g/mol. The molecule has 18 heavy (non-hydrogen) atoms. The number of aliphatic hydroxyl groups is 1. The summed E-state index contributed by atoms with van der Waals surface area (Å²) in [5.74, 6) is 0.816. The van der Waals surface area contributed by atoms with Gasteiger partial charge in [-0.05, 0) is 56.9 Å². The van der Waals surface area contributed by atoms with Crippen LogP contribution in [0.4, 0.5) is 0 Å². The summed E-state index contributed by atoms with van der Waals surface area (Å²) in [6.07, 6.45) is 6.60. The van der Waals surface area contributed by atoms with Gasteiger partial charge in [0.2, 0.25) is 0 Å². The van der Waals surface area contributed by atoms with Gasteiger partial charge in [0.15, 0.2) is 0 Å². The second-order valence-corrected chi connectivity index (χ2v) is 7.58. The van der Waals surface area contributed by atoms with Crippen molar-refractivity contribution in [3.63, 3.8) is 0 Å². The zero-order valence-electron chi connectivity index (χ0n) is 12.0. The Morgan fingerprint density at radius 1 is 1.33 bits per heavy atom. The van der Waals surface area contributed by atoms with E-state index in [1.807, 2.05) is 0 Å². The van der Waals surface area contributed by atoms with Crippen LogP contribution in [-0.4, -0.2) is 9.67 Å². The molecule has 0 saturated heterocycles. The molecular weight excluding hydrogens is 222 g/mol. The van der Waals surface area contributed by atoms with Crippen molar-refractivity contribution >= 4 is 0 Å². The highest BCUT2D eigenvalue weighted by atomic mass is 16.3. The lowest BCUT2D eigenvalue weighted by Crippen LogP contribution is -2.34. The first kappa shape index (κ1) is 12.3. The van der Waals surface area contributed by atoms with Crippen molar-refractivity contribution in [3.8, 4) is 0 Å². The van der Waals surface area contributed by atoms with Gasteiger partial charge in [-0.25, -0.2) is 0 Å². The largest absolute Gasteiger partial charge is 0.388 e. The van der Waals surface area contributed by atoms with Gasteiger partial charge in [0, 0.05) is 23.0 Å². The van der Waals surface area contributed by atoms with Crippen molar-refractivity contribution in [1.82, 2.24) is 4.57 Å². The summed E-state index contributed by atoms with van der Waals surface area (Å²) in [4.78, 5) is 0. The van der Waals surface area contributed by atoms with Crippen molar-refractivity contribution in [2.24, 2.45) is 11.3 Å². The van der Waals surface area contributed by atoms with Gasteiger partial charge >= 0.3 is 0 Å². The molecule has 0 spiro atoms. The third-order valence-corrected chi connectivity index (χ3v) is 4.98. The lowest BCUT2D eigenvalue weighted by molar-refractivity contribution is 0.0957. The predicted molar refractivity (Wildman–Crippen MR) is 73.5 cm³/mol. The maximum Gasteiger partial charge on any atom is 0.0812 e. The van der Waals surface area contributed by atoms with E-state index in [2.05, 4.69) is 44.5 Å². The quantitative estimate of drug-likeness (QED) is 0.848. The van der Waals surface area contributed by atoms with Crippen LogP contribution in [0.1, 0.15) is 64.3 Å². The zero-order valence-corrected chi connectivity index (χ0v) is 12.0. The van der Waals surface area contributed by atoms with Crippen LogP contribution < -0.4 is 0 Å². The number of rotatable bonds is 2. The summed E-state index contributed by atoms with van der Waals surface area (Å²) >= 11 is 0. The summed E-state index contributed by atoms with van der Waals surface area (Å²) in [6, 6.07) is 2.14. The Bertz CT molecular complexity index is 465. The number of nitrogens with zero attached hydrogens (tertiary/aromatic N) is 1. The first-order valence-electron chi connectivity index (χ1n) is 7.20. The molecule has 2 aliphatic carbocycles. The van der Waals surface area contributed by atoms with E-state index in [9.17, 15) is 5.11 Å². The predicted octanol–water partition coefficient (Wildman–Crippen LogP) is 3.64. The Labute approximate surface area is 110 Å². The van der Waals surface area contributed by atoms with Crippen LogP contribution in [-0.2, 0) is 12.0 Å². The summed E-state index contributed by atoms with van der Waals surface area (Å²) in [7, 11) is 0. The minimum absolute atomic E-state index is 0.209. The number of hydrogen-bond donors (Lipinski definition) is 1. The zero-order chi connectivity index (χ0) is 13.1. The maximum atomic E-state index is 10.3. The van der Waals surface area contributed by atoms with Gasteiger partial charge in [-0.1, -0.05) is 13.8 Å². The minimum atomic E-state index is -0.278. The molecule has 2 aliphatic rings. The fraction of sp³-hybridized carbons (Fsp3) is 0.750. The first-order chi connectivity index (χ1) is 8.31. The highest BCUT2D eigenvalue weighted by molar-refractivity contribution is 5.30. The normalized spacial score (nSPS) is 27.1. The van der Waals surface area contributed by atoms with Gasteiger partial charge in [0.25, 0.3) is 0 Å². The van der Waals surface area contributed by atoms with Gasteiger partial charge in [-0.2, -0.15) is 0 Å². The van der Waals surface area contributed by atoms with Gasteiger partial charge in [-0.15, -0.1) is 0 Å². The van der Waals surface area contributed by atoms with Crippen molar-refractivity contribution in [1.29, 1.82) is 0 Å².